The Balaban J connectivity index is 2.31. The zero-order chi connectivity index (χ0) is 16.4. The number of ether oxygens (including phenoxy) is 1. The lowest BCUT2D eigenvalue weighted by atomic mass is 10.1. The topological polar surface area (TPSA) is 104 Å². The van der Waals surface area contributed by atoms with Crippen molar-refractivity contribution in [3.63, 3.8) is 0 Å². The maximum atomic E-state index is 11.5. The van der Waals surface area contributed by atoms with Crippen molar-refractivity contribution < 1.29 is 9.53 Å². The first-order chi connectivity index (χ1) is 10.3. The van der Waals surface area contributed by atoms with Gasteiger partial charge in [0.25, 0.3) is 5.91 Å². The van der Waals surface area contributed by atoms with Crippen LogP contribution in [0.25, 0.3) is 0 Å². The van der Waals surface area contributed by atoms with Gasteiger partial charge in [0, 0.05) is 5.02 Å². The molecule has 1 aromatic heterocycles. The van der Waals surface area contributed by atoms with Gasteiger partial charge in [-0.15, -0.1) is 0 Å². The lowest BCUT2D eigenvalue weighted by Gasteiger charge is -2.12. The molecule has 0 saturated carbocycles. The summed E-state index contributed by atoms with van der Waals surface area (Å²) in [7, 11) is 0. The second kappa shape index (κ2) is 6.19. The van der Waals surface area contributed by atoms with Gasteiger partial charge in [-0.1, -0.05) is 11.6 Å². The smallest absolute Gasteiger partial charge is 0.252 e. The van der Waals surface area contributed by atoms with E-state index >= 15 is 0 Å². The largest absolute Gasteiger partial charge is 0.487 e. The molecular formula is C15H17ClN4O2. The highest BCUT2D eigenvalue weighted by Crippen LogP contribution is 2.26. The molecule has 0 radical (unpaired) electrons. The van der Waals surface area contributed by atoms with Crippen molar-refractivity contribution in [3.05, 3.63) is 45.2 Å². The minimum Gasteiger partial charge on any atom is -0.487 e. The van der Waals surface area contributed by atoms with Crippen LogP contribution in [0.1, 0.15) is 32.9 Å². The van der Waals surface area contributed by atoms with Crippen LogP contribution in [0.5, 0.6) is 5.75 Å². The fourth-order valence-corrected chi connectivity index (χ4v) is 2.33. The highest BCUT2D eigenvalue weighted by Gasteiger charge is 2.16. The van der Waals surface area contributed by atoms with E-state index in [0.29, 0.717) is 22.2 Å². The number of primary amides is 1. The van der Waals surface area contributed by atoms with Crippen LogP contribution in [0.3, 0.4) is 0 Å². The molecule has 0 atom stereocenters. The van der Waals surface area contributed by atoms with Crippen molar-refractivity contribution in [2.24, 2.45) is 5.73 Å². The number of nitrogen functional groups attached to an aromatic ring is 1. The van der Waals surface area contributed by atoms with E-state index in [0.717, 1.165) is 11.1 Å². The maximum absolute atomic E-state index is 11.5. The van der Waals surface area contributed by atoms with Crippen LogP contribution in [-0.4, -0.2) is 15.9 Å². The summed E-state index contributed by atoms with van der Waals surface area (Å²) < 4.78 is 5.70. The van der Waals surface area contributed by atoms with Crippen LogP contribution in [0.4, 0.5) is 5.95 Å². The SMILES string of the molecule is Cc1cc(OCc2nc(N)nc(C)c2C(N)=O)cc(C)c1Cl. The summed E-state index contributed by atoms with van der Waals surface area (Å²) in [5.74, 6) is 0.0915. The molecule has 0 aliphatic rings. The number of benzene rings is 1. The number of aryl methyl sites for hydroxylation is 3. The second-order valence-electron chi connectivity index (χ2n) is 5.01. The number of aromatic nitrogens is 2. The molecule has 2 rings (SSSR count). The summed E-state index contributed by atoms with van der Waals surface area (Å²) in [6, 6.07) is 3.63. The number of nitrogens with two attached hydrogens (primary N) is 2. The van der Waals surface area contributed by atoms with Crippen LogP contribution < -0.4 is 16.2 Å². The molecule has 22 heavy (non-hydrogen) atoms. The molecule has 0 unspecified atom stereocenters. The van der Waals surface area contributed by atoms with E-state index in [2.05, 4.69) is 9.97 Å². The molecule has 116 valence electrons. The molecule has 0 spiro atoms. The fourth-order valence-electron chi connectivity index (χ4n) is 2.22. The molecule has 1 amide bonds. The van der Waals surface area contributed by atoms with Crippen molar-refractivity contribution >= 4 is 23.5 Å². The van der Waals surface area contributed by atoms with E-state index in [-0.39, 0.29) is 18.1 Å². The van der Waals surface area contributed by atoms with E-state index in [4.69, 9.17) is 27.8 Å². The first-order valence-corrected chi connectivity index (χ1v) is 6.99. The number of halogens is 1. The van der Waals surface area contributed by atoms with Gasteiger partial charge in [-0.25, -0.2) is 9.97 Å². The Morgan fingerprint density at radius 3 is 2.36 bits per heavy atom. The number of hydrogen-bond acceptors (Lipinski definition) is 5. The Kier molecular flexibility index (Phi) is 4.51. The van der Waals surface area contributed by atoms with E-state index < -0.39 is 5.91 Å². The quantitative estimate of drug-likeness (QED) is 0.899. The third-order valence-electron chi connectivity index (χ3n) is 3.21. The summed E-state index contributed by atoms with van der Waals surface area (Å²) >= 11 is 6.12. The van der Waals surface area contributed by atoms with Gasteiger partial charge in [0.2, 0.25) is 5.95 Å². The summed E-state index contributed by atoms with van der Waals surface area (Å²) in [6.45, 7) is 5.50. The molecule has 6 nitrogen and oxygen atoms in total. The summed E-state index contributed by atoms with van der Waals surface area (Å²) in [6.07, 6.45) is 0. The second-order valence-corrected chi connectivity index (χ2v) is 5.39. The Bertz CT molecular complexity index is 724. The predicted octanol–water partition coefficient (Wildman–Crippen LogP) is 2.32. The number of rotatable bonds is 4. The van der Waals surface area contributed by atoms with Gasteiger partial charge >= 0.3 is 0 Å². The van der Waals surface area contributed by atoms with Gasteiger partial charge in [0.15, 0.2) is 0 Å². The van der Waals surface area contributed by atoms with E-state index in [1.54, 1.807) is 6.92 Å². The average Bonchev–Trinajstić information content (AvgIpc) is 2.41. The monoisotopic (exact) mass is 320 g/mol. The van der Waals surface area contributed by atoms with Crippen molar-refractivity contribution in [1.82, 2.24) is 9.97 Å². The standard InChI is InChI=1S/C15H17ClN4O2/c1-7-4-10(5-8(2)13(7)16)22-6-11-12(14(17)21)9(3)19-15(18)20-11/h4-5H,6H2,1-3H3,(H2,17,21)(H2,18,19,20). The third kappa shape index (κ3) is 3.28. The molecule has 0 aliphatic heterocycles. The lowest BCUT2D eigenvalue weighted by Crippen LogP contribution is -2.20. The van der Waals surface area contributed by atoms with Crippen LogP contribution in [0, 0.1) is 20.8 Å². The fraction of sp³-hybridized carbons (Fsp3) is 0.267. The normalized spacial score (nSPS) is 10.5. The number of hydrogen-bond donors (Lipinski definition) is 2. The van der Waals surface area contributed by atoms with Gasteiger partial charge in [-0.2, -0.15) is 0 Å². The Hall–Kier alpha value is -2.34. The van der Waals surface area contributed by atoms with Gasteiger partial charge in [-0.3, -0.25) is 4.79 Å². The number of anilines is 1. The molecule has 0 bridgehead atoms. The third-order valence-corrected chi connectivity index (χ3v) is 3.81. The van der Waals surface area contributed by atoms with Crippen molar-refractivity contribution in [3.8, 4) is 5.75 Å². The molecule has 1 aromatic carbocycles. The van der Waals surface area contributed by atoms with E-state index in [1.165, 1.54) is 0 Å². The summed E-state index contributed by atoms with van der Waals surface area (Å²) in [5, 5.41) is 0.701. The maximum Gasteiger partial charge on any atom is 0.252 e. The minimum atomic E-state index is -0.612. The number of carbonyl (C=O) groups is 1. The zero-order valence-corrected chi connectivity index (χ0v) is 13.4. The summed E-state index contributed by atoms with van der Waals surface area (Å²) in [5.41, 5.74) is 13.8. The van der Waals surface area contributed by atoms with Crippen LogP contribution in [-0.2, 0) is 6.61 Å². The van der Waals surface area contributed by atoms with Gasteiger partial charge in [-0.05, 0) is 44.0 Å². The van der Waals surface area contributed by atoms with E-state index in [9.17, 15) is 4.79 Å². The predicted molar refractivity (Wildman–Crippen MR) is 85.0 cm³/mol. The van der Waals surface area contributed by atoms with Crippen LogP contribution in [0.15, 0.2) is 12.1 Å². The zero-order valence-electron chi connectivity index (χ0n) is 12.6. The van der Waals surface area contributed by atoms with Gasteiger partial charge < -0.3 is 16.2 Å². The molecule has 0 fully saturated rings. The van der Waals surface area contributed by atoms with Gasteiger partial charge in [0.05, 0.1) is 17.0 Å². The van der Waals surface area contributed by atoms with Crippen LogP contribution >= 0.6 is 11.6 Å². The first kappa shape index (κ1) is 16.0. The van der Waals surface area contributed by atoms with Crippen molar-refractivity contribution in [2.75, 3.05) is 5.73 Å². The summed E-state index contributed by atoms with van der Waals surface area (Å²) in [4.78, 5) is 19.5. The van der Waals surface area contributed by atoms with Crippen LogP contribution in [0.2, 0.25) is 5.02 Å². The number of nitrogens with zero attached hydrogens (tertiary/aromatic N) is 2. The highest BCUT2D eigenvalue weighted by atomic mass is 35.5. The van der Waals surface area contributed by atoms with E-state index in [1.807, 2.05) is 26.0 Å². The Morgan fingerprint density at radius 2 is 1.82 bits per heavy atom. The van der Waals surface area contributed by atoms with Crippen molar-refractivity contribution in [2.45, 2.75) is 27.4 Å². The first-order valence-electron chi connectivity index (χ1n) is 6.62. The van der Waals surface area contributed by atoms with Gasteiger partial charge in [0.1, 0.15) is 12.4 Å². The lowest BCUT2D eigenvalue weighted by molar-refractivity contribution is 0.0996. The highest BCUT2D eigenvalue weighted by molar-refractivity contribution is 6.32. The Morgan fingerprint density at radius 1 is 1.23 bits per heavy atom. The molecule has 7 heteroatoms. The molecule has 2 aromatic rings. The number of amides is 1. The number of carbonyl (C=O) groups excluding carboxylic acids is 1. The Labute approximate surface area is 133 Å². The minimum absolute atomic E-state index is 0.0619. The molecule has 0 aliphatic carbocycles. The molecular weight excluding hydrogens is 304 g/mol. The molecule has 1 heterocycles. The molecule has 4 N–H and O–H groups in total. The van der Waals surface area contributed by atoms with Crippen molar-refractivity contribution in [1.29, 1.82) is 0 Å². The average molecular weight is 321 g/mol. The molecule has 0 saturated heterocycles.